The first-order chi connectivity index (χ1) is 10.1. The molecule has 0 fully saturated rings. The Morgan fingerprint density at radius 3 is 2.67 bits per heavy atom. The van der Waals surface area contributed by atoms with Crippen molar-refractivity contribution in [3.05, 3.63) is 53.6 Å². The Morgan fingerprint density at radius 2 is 2.00 bits per heavy atom. The number of rotatable bonds is 8. The van der Waals surface area contributed by atoms with Crippen LogP contribution in [0.2, 0.25) is 5.02 Å². The maximum atomic E-state index is 11.9. The van der Waals surface area contributed by atoms with Gasteiger partial charge in [-0.1, -0.05) is 23.7 Å². The Hall–Kier alpha value is -1.37. The number of nitrogens with zero attached hydrogens (tertiary/aromatic N) is 2. The van der Waals surface area contributed by atoms with Gasteiger partial charge in [0.15, 0.2) is 0 Å². The van der Waals surface area contributed by atoms with Crippen LogP contribution in [0.4, 0.5) is 0 Å². The number of aryl methyl sites for hydroxylation is 2. The van der Waals surface area contributed by atoms with Crippen molar-refractivity contribution in [3.8, 4) is 0 Å². The highest BCUT2D eigenvalue weighted by Gasteiger charge is 2.09. The average Bonchev–Trinajstić information content (AvgIpc) is 2.96. The minimum Gasteiger partial charge on any atom is -0.337 e. The molecular formula is C14H18ClN3O2S. The molecule has 0 radical (unpaired) electrons. The third-order valence-electron chi connectivity index (χ3n) is 3.05. The number of sulfonamides is 1. The highest BCUT2D eigenvalue weighted by molar-refractivity contribution is 7.89. The summed E-state index contributed by atoms with van der Waals surface area (Å²) >= 11 is 5.79. The Kier molecular flexibility index (Phi) is 5.78. The molecule has 114 valence electrons. The van der Waals surface area contributed by atoms with Crippen LogP contribution in [0, 0.1) is 0 Å². The average molecular weight is 328 g/mol. The van der Waals surface area contributed by atoms with Gasteiger partial charge in [0.05, 0.1) is 12.1 Å². The molecule has 1 heterocycles. The molecule has 5 nitrogen and oxygen atoms in total. The molecule has 0 unspecified atom stereocenters. The van der Waals surface area contributed by atoms with Crippen molar-refractivity contribution in [1.29, 1.82) is 0 Å². The van der Waals surface area contributed by atoms with Crippen LogP contribution in [0.15, 0.2) is 43.0 Å². The molecule has 0 atom stereocenters. The Labute approximate surface area is 130 Å². The lowest BCUT2D eigenvalue weighted by atomic mass is 10.2. The summed E-state index contributed by atoms with van der Waals surface area (Å²) in [6.45, 7) is 1.18. The van der Waals surface area contributed by atoms with Crippen LogP contribution in [0.25, 0.3) is 0 Å². The van der Waals surface area contributed by atoms with Crippen LogP contribution < -0.4 is 4.72 Å². The maximum Gasteiger partial charge on any atom is 0.211 e. The highest BCUT2D eigenvalue weighted by Crippen LogP contribution is 2.10. The molecule has 0 saturated heterocycles. The van der Waals surface area contributed by atoms with Crippen LogP contribution in [0.3, 0.4) is 0 Å². The van der Waals surface area contributed by atoms with E-state index >= 15 is 0 Å². The predicted octanol–water partition coefficient (Wildman–Crippen LogP) is 2.09. The van der Waals surface area contributed by atoms with Crippen molar-refractivity contribution in [2.75, 3.05) is 12.3 Å². The van der Waals surface area contributed by atoms with Crippen LogP contribution in [-0.4, -0.2) is 30.3 Å². The second-order valence-corrected chi connectivity index (χ2v) is 7.11. The number of hydrogen-bond acceptors (Lipinski definition) is 3. The fourth-order valence-electron chi connectivity index (χ4n) is 1.88. The second-order valence-electron chi connectivity index (χ2n) is 4.74. The van der Waals surface area contributed by atoms with Gasteiger partial charge in [-0.05, 0) is 30.5 Å². The zero-order valence-corrected chi connectivity index (χ0v) is 13.1. The van der Waals surface area contributed by atoms with E-state index in [1.807, 2.05) is 22.9 Å². The predicted molar refractivity (Wildman–Crippen MR) is 83.8 cm³/mol. The Bertz CT molecular complexity index is 639. The molecule has 0 aliphatic rings. The monoisotopic (exact) mass is 327 g/mol. The zero-order valence-electron chi connectivity index (χ0n) is 11.6. The molecule has 21 heavy (non-hydrogen) atoms. The lowest BCUT2D eigenvalue weighted by Crippen LogP contribution is -2.28. The van der Waals surface area contributed by atoms with Gasteiger partial charge in [-0.3, -0.25) is 0 Å². The molecule has 1 aromatic carbocycles. The zero-order chi connectivity index (χ0) is 15.1. The fraction of sp³-hybridized carbons (Fsp3) is 0.357. The van der Waals surface area contributed by atoms with E-state index in [1.165, 1.54) is 0 Å². The van der Waals surface area contributed by atoms with Crippen LogP contribution in [0.1, 0.15) is 12.0 Å². The minimum atomic E-state index is -3.24. The Morgan fingerprint density at radius 1 is 1.24 bits per heavy atom. The summed E-state index contributed by atoms with van der Waals surface area (Å²) in [7, 11) is -3.24. The summed E-state index contributed by atoms with van der Waals surface area (Å²) in [5.41, 5.74) is 0.961. The van der Waals surface area contributed by atoms with Crippen molar-refractivity contribution in [1.82, 2.24) is 14.3 Å². The van der Waals surface area contributed by atoms with E-state index in [2.05, 4.69) is 9.71 Å². The molecule has 0 bridgehead atoms. The van der Waals surface area contributed by atoms with E-state index < -0.39 is 10.0 Å². The molecular weight excluding hydrogens is 310 g/mol. The van der Waals surface area contributed by atoms with E-state index in [4.69, 9.17) is 11.6 Å². The van der Waals surface area contributed by atoms with Crippen molar-refractivity contribution < 1.29 is 8.42 Å². The smallest absolute Gasteiger partial charge is 0.211 e. The maximum absolute atomic E-state index is 11.9. The van der Waals surface area contributed by atoms with E-state index in [0.717, 1.165) is 18.5 Å². The number of benzene rings is 1. The molecule has 2 aromatic rings. The topological polar surface area (TPSA) is 64.0 Å². The lowest BCUT2D eigenvalue weighted by Gasteiger charge is -2.07. The van der Waals surface area contributed by atoms with Crippen molar-refractivity contribution in [2.24, 2.45) is 0 Å². The quantitative estimate of drug-likeness (QED) is 0.755. The number of imidazole rings is 1. The van der Waals surface area contributed by atoms with Gasteiger partial charge in [0.1, 0.15) is 0 Å². The summed E-state index contributed by atoms with van der Waals surface area (Å²) in [5, 5.41) is 0.652. The molecule has 1 aromatic heterocycles. The number of nitrogens with one attached hydrogen (secondary N) is 1. The van der Waals surface area contributed by atoms with Gasteiger partial charge >= 0.3 is 0 Å². The molecule has 0 saturated carbocycles. The molecule has 0 aliphatic heterocycles. The molecule has 2 rings (SSSR count). The number of hydrogen-bond donors (Lipinski definition) is 1. The van der Waals surface area contributed by atoms with Gasteiger partial charge in [-0.15, -0.1) is 0 Å². The molecule has 0 amide bonds. The SMILES string of the molecule is O=S(=O)(CCc1ccc(Cl)cc1)NCCCn1ccnc1. The van der Waals surface area contributed by atoms with E-state index in [-0.39, 0.29) is 5.75 Å². The molecule has 7 heteroatoms. The summed E-state index contributed by atoms with van der Waals surface area (Å²) in [5.74, 6) is 0.0830. The lowest BCUT2D eigenvalue weighted by molar-refractivity contribution is 0.569. The van der Waals surface area contributed by atoms with Crippen LogP contribution in [0.5, 0.6) is 0 Å². The molecule has 1 N–H and O–H groups in total. The standard InChI is InChI=1S/C14H18ClN3O2S/c15-14-4-2-13(3-5-14)6-11-21(19,20)17-7-1-9-18-10-8-16-12-18/h2-5,8,10,12,17H,1,6-7,9,11H2. The first kappa shape index (κ1) is 16.0. The molecule has 0 aliphatic carbocycles. The van der Waals surface area contributed by atoms with Crippen molar-refractivity contribution in [2.45, 2.75) is 19.4 Å². The third kappa shape index (κ3) is 5.87. The van der Waals surface area contributed by atoms with E-state index in [0.29, 0.717) is 18.0 Å². The summed E-state index contributed by atoms with van der Waals surface area (Å²) in [6.07, 6.45) is 6.49. The first-order valence-electron chi connectivity index (χ1n) is 6.73. The highest BCUT2D eigenvalue weighted by atomic mass is 35.5. The normalized spacial score (nSPS) is 11.7. The number of aromatic nitrogens is 2. The van der Waals surface area contributed by atoms with Gasteiger partial charge in [0, 0.05) is 30.5 Å². The summed E-state index contributed by atoms with van der Waals surface area (Å²) in [4.78, 5) is 3.93. The van der Waals surface area contributed by atoms with E-state index in [9.17, 15) is 8.42 Å². The summed E-state index contributed by atoms with van der Waals surface area (Å²) < 4.78 is 28.3. The van der Waals surface area contributed by atoms with Crippen LogP contribution >= 0.6 is 11.6 Å². The summed E-state index contributed by atoms with van der Waals surface area (Å²) in [6, 6.07) is 7.22. The van der Waals surface area contributed by atoms with Crippen LogP contribution in [-0.2, 0) is 23.0 Å². The largest absolute Gasteiger partial charge is 0.337 e. The third-order valence-corrected chi connectivity index (χ3v) is 4.68. The van der Waals surface area contributed by atoms with Gasteiger partial charge in [0.25, 0.3) is 0 Å². The van der Waals surface area contributed by atoms with Gasteiger partial charge in [-0.25, -0.2) is 18.1 Å². The first-order valence-corrected chi connectivity index (χ1v) is 8.76. The van der Waals surface area contributed by atoms with Gasteiger partial charge < -0.3 is 4.57 Å². The fourth-order valence-corrected chi connectivity index (χ4v) is 3.11. The van der Waals surface area contributed by atoms with E-state index in [1.54, 1.807) is 24.7 Å². The van der Waals surface area contributed by atoms with Crippen molar-refractivity contribution in [3.63, 3.8) is 0 Å². The van der Waals surface area contributed by atoms with Gasteiger partial charge in [-0.2, -0.15) is 0 Å². The second kappa shape index (κ2) is 7.59. The number of halogens is 1. The van der Waals surface area contributed by atoms with Crippen molar-refractivity contribution >= 4 is 21.6 Å². The van der Waals surface area contributed by atoms with Gasteiger partial charge in [0.2, 0.25) is 10.0 Å². The minimum absolute atomic E-state index is 0.0830. The Balaban J connectivity index is 1.70. The molecule has 0 spiro atoms.